The van der Waals surface area contributed by atoms with Gasteiger partial charge in [0.2, 0.25) is 17.7 Å². The molecule has 1 saturated heterocycles. The van der Waals surface area contributed by atoms with Gasteiger partial charge in [-0.2, -0.15) is 0 Å². The van der Waals surface area contributed by atoms with Crippen LogP contribution in [0.1, 0.15) is 37.0 Å². The lowest BCUT2D eigenvalue weighted by molar-refractivity contribution is -0.140. The summed E-state index contributed by atoms with van der Waals surface area (Å²) in [6.07, 6.45) is 3.54. The van der Waals surface area contributed by atoms with Crippen LogP contribution < -0.4 is 5.32 Å². The number of anilines is 1. The minimum Gasteiger partial charge on any atom is -0.302 e. The van der Waals surface area contributed by atoms with Gasteiger partial charge in [-0.1, -0.05) is 12.8 Å². The molecule has 1 aliphatic carbocycles. The second kappa shape index (κ2) is 8.02. The Bertz CT molecular complexity index is 933. The van der Waals surface area contributed by atoms with Crippen LogP contribution in [0, 0.1) is 24.6 Å². The average Bonchev–Trinajstić information content (AvgIpc) is 3.19. The van der Waals surface area contributed by atoms with Gasteiger partial charge in [0.1, 0.15) is 5.82 Å². The summed E-state index contributed by atoms with van der Waals surface area (Å²) in [5.41, 5.74) is 1.47. The maximum atomic E-state index is 13.1. The van der Waals surface area contributed by atoms with Crippen molar-refractivity contribution in [2.75, 3.05) is 11.9 Å². The molecule has 8 heteroatoms. The van der Waals surface area contributed by atoms with E-state index in [2.05, 4.69) is 10.3 Å². The highest BCUT2D eigenvalue weighted by Gasteiger charge is 2.47. The topological polar surface area (TPSA) is 79.4 Å². The molecule has 152 valence electrons. The van der Waals surface area contributed by atoms with Gasteiger partial charge in [-0.05, 0) is 44.0 Å². The fourth-order valence-corrected chi connectivity index (χ4v) is 5.02. The Hall–Kier alpha value is -2.61. The van der Waals surface area contributed by atoms with Crippen LogP contribution in [-0.4, -0.2) is 34.2 Å². The van der Waals surface area contributed by atoms with E-state index >= 15 is 0 Å². The minimum absolute atomic E-state index is 0.0431. The molecule has 3 amide bonds. The monoisotopic (exact) mass is 415 g/mol. The van der Waals surface area contributed by atoms with E-state index < -0.39 is 0 Å². The number of halogens is 1. The molecule has 2 heterocycles. The van der Waals surface area contributed by atoms with Gasteiger partial charge in [-0.3, -0.25) is 19.3 Å². The van der Waals surface area contributed by atoms with Crippen molar-refractivity contribution in [1.82, 2.24) is 9.88 Å². The number of nitrogens with one attached hydrogen (secondary N) is 1. The largest absolute Gasteiger partial charge is 0.302 e. The average molecular weight is 415 g/mol. The Morgan fingerprint density at radius 1 is 1.17 bits per heavy atom. The number of nitrogens with zero attached hydrogens (tertiary/aromatic N) is 2. The van der Waals surface area contributed by atoms with E-state index in [9.17, 15) is 18.8 Å². The predicted molar refractivity (Wildman–Crippen MR) is 108 cm³/mol. The van der Waals surface area contributed by atoms with Crippen LogP contribution >= 0.6 is 11.3 Å². The van der Waals surface area contributed by atoms with E-state index in [1.807, 2.05) is 6.92 Å². The lowest BCUT2D eigenvalue weighted by atomic mass is 9.81. The second-order valence-electron chi connectivity index (χ2n) is 7.55. The van der Waals surface area contributed by atoms with Crippen LogP contribution in [0.2, 0.25) is 0 Å². The van der Waals surface area contributed by atoms with Crippen molar-refractivity contribution in [2.24, 2.45) is 11.8 Å². The number of aromatic nitrogens is 1. The van der Waals surface area contributed by atoms with Crippen LogP contribution in [0.15, 0.2) is 24.3 Å². The summed E-state index contributed by atoms with van der Waals surface area (Å²) >= 11 is 1.33. The van der Waals surface area contributed by atoms with E-state index in [4.69, 9.17) is 0 Å². The summed E-state index contributed by atoms with van der Waals surface area (Å²) in [6.45, 7) is 1.99. The smallest absolute Gasteiger partial charge is 0.233 e. The zero-order valence-electron chi connectivity index (χ0n) is 16.1. The molecule has 2 aromatic rings. The molecule has 4 rings (SSSR count). The molecule has 29 heavy (non-hydrogen) atoms. The summed E-state index contributed by atoms with van der Waals surface area (Å²) in [6, 6.07) is 6.03. The molecule has 1 aromatic heterocycles. The number of thiazole rings is 1. The standard InChI is InChI=1S/C21H22FN3O3S/c1-12-18(13-6-8-14(22)9-7-13)24-21(29-12)23-17(26)10-11-25-19(27)15-4-2-3-5-16(15)20(25)28/h6-9,15-16H,2-5,10-11H2,1H3,(H,23,24,26)/t15-,16-/m0/s1. The Morgan fingerprint density at radius 2 is 1.79 bits per heavy atom. The third-order valence-electron chi connectivity index (χ3n) is 5.66. The van der Waals surface area contributed by atoms with E-state index in [1.54, 1.807) is 12.1 Å². The van der Waals surface area contributed by atoms with Crippen LogP contribution in [0.5, 0.6) is 0 Å². The number of likely N-dealkylation sites (tertiary alicyclic amines) is 1. The zero-order chi connectivity index (χ0) is 20.5. The Balaban J connectivity index is 1.37. The highest BCUT2D eigenvalue weighted by atomic mass is 32.1. The number of aryl methyl sites for hydroxylation is 1. The van der Waals surface area contributed by atoms with Gasteiger partial charge >= 0.3 is 0 Å². The molecule has 1 aromatic carbocycles. The quantitative estimate of drug-likeness (QED) is 0.754. The first-order chi connectivity index (χ1) is 13.9. The maximum absolute atomic E-state index is 13.1. The molecular weight excluding hydrogens is 393 g/mol. The fraction of sp³-hybridized carbons (Fsp3) is 0.429. The zero-order valence-corrected chi connectivity index (χ0v) is 16.9. The third-order valence-corrected chi connectivity index (χ3v) is 6.54. The van der Waals surface area contributed by atoms with Crippen molar-refractivity contribution in [2.45, 2.75) is 39.0 Å². The predicted octanol–water partition coefficient (Wildman–Crippen LogP) is 3.76. The van der Waals surface area contributed by atoms with Crippen molar-refractivity contribution >= 4 is 34.2 Å². The Kier molecular flexibility index (Phi) is 5.45. The molecule has 6 nitrogen and oxygen atoms in total. The summed E-state index contributed by atoms with van der Waals surface area (Å²) in [5, 5.41) is 3.19. The van der Waals surface area contributed by atoms with Gasteiger partial charge < -0.3 is 5.32 Å². The first-order valence-corrected chi connectivity index (χ1v) is 10.6. The summed E-state index contributed by atoms with van der Waals surface area (Å²) < 4.78 is 13.1. The van der Waals surface area contributed by atoms with Crippen LogP contribution in [0.4, 0.5) is 9.52 Å². The van der Waals surface area contributed by atoms with Gasteiger partial charge in [0.05, 0.1) is 17.5 Å². The summed E-state index contributed by atoms with van der Waals surface area (Å²) in [5.74, 6) is -1.26. The molecule has 2 atom stereocenters. The first-order valence-electron chi connectivity index (χ1n) is 9.82. The Labute approximate surface area is 172 Å². The number of fused-ring (bicyclic) bond motifs is 1. The molecule has 1 N–H and O–H groups in total. The van der Waals surface area contributed by atoms with Gasteiger partial charge in [-0.25, -0.2) is 9.37 Å². The molecular formula is C21H22FN3O3S. The fourth-order valence-electron chi connectivity index (χ4n) is 4.17. The number of rotatable bonds is 5. The molecule has 2 fully saturated rings. The van der Waals surface area contributed by atoms with Crippen LogP contribution in [0.3, 0.4) is 0 Å². The van der Waals surface area contributed by atoms with Gasteiger partial charge in [0.25, 0.3) is 0 Å². The second-order valence-corrected chi connectivity index (χ2v) is 8.76. The minimum atomic E-state index is -0.319. The number of benzene rings is 1. The summed E-state index contributed by atoms with van der Waals surface area (Å²) in [7, 11) is 0. The molecule has 2 aliphatic rings. The normalized spacial score (nSPS) is 21.4. The number of hydrogen-bond acceptors (Lipinski definition) is 5. The van der Waals surface area contributed by atoms with Crippen LogP contribution in [-0.2, 0) is 14.4 Å². The van der Waals surface area contributed by atoms with Crippen molar-refractivity contribution in [3.8, 4) is 11.3 Å². The van der Waals surface area contributed by atoms with Crippen LogP contribution in [0.25, 0.3) is 11.3 Å². The van der Waals surface area contributed by atoms with E-state index in [0.717, 1.165) is 36.1 Å². The molecule has 1 aliphatic heterocycles. The van der Waals surface area contributed by atoms with E-state index in [-0.39, 0.29) is 48.3 Å². The highest BCUT2D eigenvalue weighted by molar-refractivity contribution is 7.16. The lowest BCUT2D eigenvalue weighted by Crippen LogP contribution is -2.34. The van der Waals surface area contributed by atoms with E-state index in [1.165, 1.54) is 28.4 Å². The molecule has 0 spiro atoms. The van der Waals surface area contributed by atoms with E-state index in [0.29, 0.717) is 10.8 Å². The number of hydrogen-bond donors (Lipinski definition) is 1. The number of amides is 3. The van der Waals surface area contributed by atoms with Crippen molar-refractivity contribution < 1.29 is 18.8 Å². The molecule has 0 unspecified atom stereocenters. The maximum Gasteiger partial charge on any atom is 0.233 e. The first kappa shape index (κ1) is 19.7. The number of carbonyl (C=O) groups excluding carboxylic acids is 3. The molecule has 0 bridgehead atoms. The van der Waals surface area contributed by atoms with Gasteiger partial charge in [0.15, 0.2) is 5.13 Å². The Morgan fingerprint density at radius 3 is 2.41 bits per heavy atom. The van der Waals surface area contributed by atoms with Gasteiger partial charge in [-0.15, -0.1) is 11.3 Å². The highest BCUT2D eigenvalue weighted by Crippen LogP contribution is 2.38. The van der Waals surface area contributed by atoms with Crippen molar-refractivity contribution in [1.29, 1.82) is 0 Å². The third kappa shape index (κ3) is 3.94. The number of imide groups is 1. The number of carbonyl (C=O) groups is 3. The van der Waals surface area contributed by atoms with Gasteiger partial charge in [0, 0.05) is 23.4 Å². The lowest BCUT2D eigenvalue weighted by Gasteiger charge is -2.19. The molecule has 1 saturated carbocycles. The molecule has 0 radical (unpaired) electrons. The van der Waals surface area contributed by atoms with Crippen molar-refractivity contribution in [3.63, 3.8) is 0 Å². The summed E-state index contributed by atoms with van der Waals surface area (Å²) in [4.78, 5) is 43.9. The SMILES string of the molecule is Cc1sc(NC(=O)CCN2C(=O)[C@H]3CCCC[C@@H]3C2=O)nc1-c1ccc(F)cc1. The van der Waals surface area contributed by atoms with Crippen molar-refractivity contribution in [3.05, 3.63) is 35.0 Å².